The second-order valence-corrected chi connectivity index (χ2v) is 12.1. The van der Waals surface area contributed by atoms with Gasteiger partial charge in [-0.05, 0) is 38.5 Å². The van der Waals surface area contributed by atoms with Crippen LogP contribution in [0.5, 0.6) is 0 Å². The van der Waals surface area contributed by atoms with E-state index in [9.17, 15) is 14.7 Å². The standard InChI is InChI=1S/C36H68O4/c1-3-5-6-7-8-9-10-11-12-13-14-15-16-17-18-19-20-21-22-23-24-25-26-27-28-29-30-31-34(36(38)39)33-35(37)40-32-4-2/h14-15,34H,3-13,16-33H2,1-2H3,(H,38,39)/b15-14+. The molecular weight excluding hydrogens is 496 g/mol. The van der Waals surface area contributed by atoms with E-state index in [0.29, 0.717) is 13.0 Å². The van der Waals surface area contributed by atoms with Gasteiger partial charge in [0.1, 0.15) is 0 Å². The van der Waals surface area contributed by atoms with Crippen molar-refractivity contribution in [2.75, 3.05) is 6.61 Å². The van der Waals surface area contributed by atoms with E-state index in [4.69, 9.17) is 4.74 Å². The van der Waals surface area contributed by atoms with Crippen LogP contribution in [0.25, 0.3) is 0 Å². The van der Waals surface area contributed by atoms with Crippen molar-refractivity contribution in [1.29, 1.82) is 0 Å². The van der Waals surface area contributed by atoms with E-state index < -0.39 is 11.9 Å². The van der Waals surface area contributed by atoms with Gasteiger partial charge in [-0.1, -0.05) is 161 Å². The second-order valence-electron chi connectivity index (χ2n) is 12.1. The van der Waals surface area contributed by atoms with Crippen molar-refractivity contribution in [2.45, 2.75) is 194 Å². The van der Waals surface area contributed by atoms with Crippen LogP contribution < -0.4 is 0 Å². The van der Waals surface area contributed by atoms with Gasteiger partial charge in [0.15, 0.2) is 0 Å². The Balaban J connectivity index is 3.31. The largest absolute Gasteiger partial charge is 0.481 e. The highest BCUT2D eigenvalue weighted by Crippen LogP contribution is 2.18. The minimum Gasteiger partial charge on any atom is -0.481 e. The third-order valence-electron chi connectivity index (χ3n) is 8.04. The predicted octanol–water partition coefficient (Wildman–Crippen LogP) is 11.7. The first-order valence-electron chi connectivity index (χ1n) is 17.6. The maximum absolute atomic E-state index is 11.7. The average molecular weight is 565 g/mol. The van der Waals surface area contributed by atoms with Gasteiger partial charge in [0.2, 0.25) is 0 Å². The Morgan fingerprint density at radius 3 is 1.30 bits per heavy atom. The molecule has 0 aliphatic rings. The summed E-state index contributed by atoms with van der Waals surface area (Å²) >= 11 is 0. The monoisotopic (exact) mass is 565 g/mol. The predicted molar refractivity (Wildman–Crippen MR) is 172 cm³/mol. The Kier molecular flexibility index (Phi) is 31.1. The molecule has 0 rings (SSSR count). The number of hydrogen-bond acceptors (Lipinski definition) is 3. The molecule has 0 heterocycles. The third-order valence-corrected chi connectivity index (χ3v) is 8.04. The summed E-state index contributed by atoms with van der Waals surface area (Å²) in [6, 6.07) is 0. The Morgan fingerprint density at radius 2 is 0.925 bits per heavy atom. The number of carboxylic acids is 1. The van der Waals surface area contributed by atoms with Crippen molar-refractivity contribution < 1.29 is 19.4 Å². The van der Waals surface area contributed by atoms with Crippen molar-refractivity contribution >= 4 is 11.9 Å². The van der Waals surface area contributed by atoms with E-state index in [1.807, 2.05) is 6.92 Å². The molecule has 1 atom stereocenters. The molecular formula is C36H68O4. The van der Waals surface area contributed by atoms with E-state index in [1.54, 1.807) is 0 Å². The summed E-state index contributed by atoms with van der Waals surface area (Å²) in [4.78, 5) is 23.1. The SMILES string of the molecule is CCCCCCCCCCC/C=C/CCCCCCCCCCCCCCCCC(CC(=O)OCCC)C(=O)O. The molecule has 0 amide bonds. The van der Waals surface area contributed by atoms with Crippen LogP contribution in [-0.4, -0.2) is 23.7 Å². The first-order valence-corrected chi connectivity index (χ1v) is 17.6. The number of carbonyl (C=O) groups is 2. The number of rotatable bonds is 32. The van der Waals surface area contributed by atoms with E-state index >= 15 is 0 Å². The van der Waals surface area contributed by atoms with Crippen LogP contribution in [0.15, 0.2) is 12.2 Å². The lowest BCUT2D eigenvalue weighted by Crippen LogP contribution is -2.19. The molecule has 0 aromatic rings. The molecule has 0 radical (unpaired) electrons. The summed E-state index contributed by atoms with van der Waals surface area (Å²) in [6.07, 6.45) is 39.5. The molecule has 0 saturated heterocycles. The highest BCUT2D eigenvalue weighted by atomic mass is 16.5. The number of unbranched alkanes of at least 4 members (excludes halogenated alkanes) is 23. The molecule has 40 heavy (non-hydrogen) atoms. The number of aliphatic carboxylic acids is 1. The first-order chi connectivity index (χ1) is 19.6. The molecule has 0 aromatic carbocycles. The fourth-order valence-corrected chi connectivity index (χ4v) is 5.37. The van der Waals surface area contributed by atoms with Crippen LogP contribution in [-0.2, 0) is 14.3 Å². The van der Waals surface area contributed by atoms with Crippen LogP contribution in [0.1, 0.15) is 194 Å². The summed E-state index contributed by atoms with van der Waals surface area (Å²) < 4.78 is 5.03. The van der Waals surface area contributed by atoms with E-state index in [1.165, 1.54) is 148 Å². The molecule has 0 bridgehead atoms. The molecule has 236 valence electrons. The summed E-state index contributed by atoms with van der Waals surface area (Å²) in [6.45, 7) is 4.60. The van der Waals surface area contributed by atoms with E-state index in [2.05, 4.69) is 19.1 Å². The number of carbonyl (C=O) groups excluding carboxylic acids is 1. The summed E-state index contributed by atoms with van der Waals surface area (Å²) in [5, 5.41) is 9.33. The highest BCUT2D eigenvalue weighted by Gasteiger charge is 2.21. The Hall–Kier alpha value is -1.32. The minimum atomic E-state index is -0.875. The van der Waals surface area contributed by atoms with Gasteiger partial charge in [0.05, 0.1) is 18.9 Å². The molecule has 1 unspecified atom stereocenters. The van der Waals surface area contributed by atoms with Crippen molar-refractivity contribution in [3.05, 3.63) is 12.2 Å². The summed E-state index contributed by atoms with van der Waals surface area (Å²) in [5.41, 5.74) is 0. The van der Waals surface area contributed by atoms with Crippen LogP contribution in [0.2, 0.25) is 0 Å². The van der Waals surface area contributed by atoms with Crippen molar-refractivity contribution in [2.24, 2.45) is 5.92 Å². The molecule has 0 aliphatic heterocycles. The Labute approximate surface area is 249 Å². The Bertz CT molecular complexity index is 571. The molecule has 0 aliphatic carbocycles. The summed E-state index contributed by atoms with van der Waals surface area (Å²) in [7, 11) is 0. The van der Waals surface area contributed by atoms with E-state index in [-0.39, 0.29) is 12.4 Å². The quantitative estimate of drug-likeness (QED) is 0.0501. The first kappa shape index (κ1) is 38.7. The van der Waals surface area contributed by atoms with Crippen LogP contribution in [0.3, 0.4) is 0 Å². The number of allylic oxidation sites excluding steroid dienone is 2. The van der Waals surface area contributed by atoms with Gasteiger partial charge in [-0.25, -0.2) is 0 Å². The van der Waals surface area contributed by atoms with Gasteiger partial charge >= 0.3 is 11.9 Å². The lowest BCUT2D eigenvalue weighted by atomic mass is 9.97. The molecule has 4 nitrogen and oxygen atoms in total. The molecule has 0 fully saturated rings. The third kappa shape index (κ3) is 29.7. The zero-order valence-corrected chi connectivity index (χ0v) is 26.9. The minimum absolute atomic E-state index is 0.00610. The number of hydrogen-bond donors (Lipinski definition) is 1. The molecule has 0 spiro atoms. The number of esters is 1. The van der Waals surface area contributed by atoms with Crippen LogP contribution in [0, 0.1) is 5.92 Å². The topological polar surface area (TPSA) is 63.6 Å². The van der Waals surface area contributed by atoms with Gasteiger partial charge in [-0.15, -0.1) is 0 Å². The lowest BCUT2D eigenvalue weighted by molar-refractivity contribution is -0.151. The fourth-order valence-electron chi connectivity index (χ4n) is 5.37. The molecule has 4 heteroatoms. The van der Waals surface area contributed by atoms with Gasteiger partial charge in [-0.2, -0.15) is 0 Å². The summed E-state index contributed by atoms with van der Waals surface area (Å²) in [5.74, 6) is -1.85. The van der Waals surface area contributed by atoms with Crippen LogP contribution >= 0.6 is 0 Å². The zero-order valence-electron chi connectivity index (χ0n) is 26.9. The average Bonchev–Trinajstić information content (AvgIpc) is 2.94. The molecule has 0 aromatic heterocycles. The second kappa shape index (κ2) is 32.2. The van der Waals surface area contributed by atoms with Gasteiger partial charge in [0, 0.05) is 0 Å². The lowest BCUT2D eigenvalue weighted by Gasteiger charge is -2.11. The van der Waals surface area contributed by atoms with Crippen molar-refractivity contribution in [3.63, 3.8) is 0 Å². The zero-order chi connectivity index (χ0) is 29.4. The molecule has 1 N–H and O–H groups in total. The van der Waals surface area contributed by atoms with Crippen molar-refractivity contribution in [3.8, 4) is 0 Å². The normalized spacial score (nSPS) is 12.2. The fraction of sp³-hybridized carbons (Fsp3) is 0.889. The Morgan fingerprint density at radius 1 is 0.550 bits per heavy atom. The maximum Gasteiger partial charge on any atom is 0.307 e. The van der Waals surface area contributed by atoms with E-state index in [0.717, 1.165) is 19.3 Å². The van der Waals surface area contributed by atoms with Gasteiger partial charge < -0.3 is 9.84 Å². The maximum atomic E-state index is 11.7. The van der Waals surface area contributed by atoms with Crippen molar-refractivity contribution in [1.82, 2.24) is 0 Å². The van der Waals surface area contributed by atoms with Gasteiger partial charge in [-0.3, -0.25) is 9.59 Å². The number of ether oxygens (including phenoxy) is 1. The van der Waals surface area contributed by atoms with Gasteiger partial charge in [0.25, 0.3) is 0 Å². The van der Waals surface area contributed by atoms with Crippen LogP contribution in [0.4, 0.5) is 0 Å². The molecule has 0 saturated carbocycles. The number of carboxylic acid groups (broad SMARTS) is 1. The highest BCUT2D eigenvalue weighted by molar-refractivity contribution is 5.78. The smallest absolute Gasteiger partial charge is 0.307 e.